The Morgan fingerprint density at radius 1 is 1.37 bits per heavy atom. The molecule has 0 spiro atoms. The fourth-order valence-electron chi connectivity index (χ4n) is 2.35. The Morgan fingerprint density at radius 3 is 3.11 bits per heavy atom. The zero-order valence-electron chi connectivity index (χ0n) is 11.0. The molecule has 0 unspecified atom stereocenters. The summed E-state index contributed by atoms with van der Waals surface area (Å²) in [5.41, 5.74) is 1.00. The maximum atomic E-state index is 6.05. The Morgan fingerprint density at radius 2 is 2.26 bits per heavy atom. The minimum absolute atomic E-state index is 0.0989. The molecule has 0 aliphatic carbocycles. The number of thiazole rings is 1. The average Bonchev–Trinajstić information content (AvgIpc) is 2.83. The van der Waals surface area contributed by atoms with Gasteiger partial charge in [0.05, 0.1) is 10.2 Å². The highest BCUT2D eigenvalue weighted by Gasteiger charge is 2.27. The molecule has 0 amide bonds. The van der Waals surface area contributed by atoms with Crippen LogP contribution in [0.4, 0.5) is 0 Å². The van der Waals surface area contributed by atoms with Crippen LogP contribution in [0.5, 0.6) is 5.19 Å². The van der Waals surface area contributed by atoms with Gasteiger partial charge in [0.2, 0.25) is 0 Å². The second-order valence-corrected chi connectivity index (χ2v) is 5.58. The molecule has 1 saturated heterocycles. The summed E-state index contributed by atoms with van der Waals surface area (Å²) in [6.07, 6.45) is 1.17. The van der Waals surface area contributed by atoms with Gasteiger partial charge in [-0.1, -0.05) is 23.5 Å². The van der Waals surface area contributed by atoms with E-state index in [9.17, 15) is 0 Å². The van der Waals surface area contributed by atoms with Gasteiger partial charge in [0.15, 0.2) is 0 Å². The molecule has 0 radical (unpaired) electrons. The van der Waals surface area contributed by atoms with Gasteiger partial charge in [-0.05, 0) is 32.0 Å². The zero-order chi connectivity index (χ0) is 13.1. The van der Waals surface area contributed by atoms with Crippen molar-refractivity contribution in [1.82, 2.24) is 10.3 Å². The molecule has 1 N–H and O–H groups in total. The molecule has 19 heavy (non-hydrogen) atoms. The monoisotopic (exact) mass is 278 g/mol. The normalized spacial score (nSPS) is 23.6. The topological polar surface area (TPSA) is 43.4 Å². The summed E-state index contributed by atoms with van der Waals surface area (Å²) in [7, 11) is 0. The number of piperidine rings is 1. The molecule has 4 nitrogen and oxygen atoms in total. The molecule has 5 heteroatoms. The smallest absolute Gasteiger partial charge is 0.274 e. The van der Waals surface area contributed by atoms with Crippen molar-refractivity contribution in [3.05, 3.63) is 24.3 Å². The van der Waals surface area contributed by atoms with Crippen LogP contribution in [0.15, 0.2) is 24.3 Å². The lowest BCUT2D eigenvalue weighted by Crippen LogP contribution is -2.48. The number of nitrogens with zero attached hydrogens (tertiary/aromatic N) is 1. The first kappa shape index (κ1) is 12.8. The molecule has 1 aromatic heterocycles. The quantitative estimate of drug-likeness (QED) is 0.933. The van der Waals surface area contributed by atoms with E-state index in [2.05, 4.69) is 16.4 Å². The van der Waals surface area contributed by atoms with E-state index < -0.39 is 0 Å². The van der Waals surface area contributed by atoms with Crippen molar-refractivity contribution in [3.63, 3.8) is 0 Å². The third kappa shape index (κ3) is 2.88. The Bertz CT molecular complexity index is 508. The standard InChI is InChI=1S/C14H18N2O2S/c1-2-17-12-9-15-8-7-11(12)18-14-16-10-5-3-4-6-13(10)19-14/h3-6,11-12,15H,2,7-9H2,1H3/t11-,12-/m0/s1. The van der Waals surface area contributed by atoms with Gasteiger partial charge in [-0.15, -0.1) is 0 Å². The minimum atomic E-state index is 0.0989. The second kappa shape index (κ2) is 5.86. The predicted octanol–water partition coefficient (Wildman–Crippen LogP) is 2.44. The van der Waals surface area contributed by atoms with E-state index in [1.807, 2.05) is 25.1 Å². The van der Waals surface area contributed by atoms with Crippen molar-refractivity contribution < 1.29 is 9.47 Å². The molecule has 0 bridgehead atoms. The van der Waals surface area contributed by atoms with Crippen LogP contribution in [0.3, 0.4) is 0 Å². The highest BCUT2D eigenvalue weighted by atomic mass is 32.1. The largest absolute Gasteiger partial charge is 0.464 e. The van der Waals surface area contributed by atoms with E-state index >= 15 is 0 Å². The molecular formula is C14H18N2O2S. The van der Waals surface area contributed by atoms with Gasteiger partial charge in [-0.2, -0.15) is 0 Å². The third-order valence-corrected chi connectivity index (χ3v) is 4.20. The predicted molar refractivity (Wildman–Crippen MR) is 76.9 cm³/mol. The van der Waals surface area contributed by atoms with E-state index in [4.69, 9.17) is 9.47 Å². The number of para-hydroxylation sites is 1. The van der Waals surface area contributed by atoms with Crippen molar-refractivity contribution in [2.75, 3.05) is 19.7 Å². The van der Waals surface area contributed by atoms with Crippen LogP contribution in [0.25, 0.3) is 10.2 Å². The first-order chi connectivity index (χ1) is 9.36. The number of ether oxygens (including phenoxy) is 2. The van der Waals surface area contributed by atoms with Crippen LogP contribution in [-0.2, 0) is 4.74 Å². The lowest BCUT2D eigenvalue weighted by Gasteiger charge is -2.31. The average molecular weight is 278 g/mol. The zero-order valence-corrected chi connectivity index (χ0v) is 11.8. The fraction of sp³-hybridized carbons (Fsp3) is 0.500. The van der Waals surface area contributed by atoms with Gasteiger partial charge in [0.25, 0.3) is 5.19 Å². The Kier molecular flexibility index (Phi) is 3.96. The molecule has 102 valence electrons. The van der Waals surface area contributed by atoms with E-state index in [0.717, 1.165) is 30.2 Å². The van der Waals surface area contributed by atoms with Gasteiger partial charge in [-0.3, -0.25) is 0 Å². The maximum absolute atomic E-state index is 6.05. The molecular weight excluding hydrogens is 260 g/mol. The first-order valence-corrected chi connectivity index (χ1v) is 7.53. The van der Waals surface area contributed by atoms with Crippen molar-refractivity contribution in [3.8, 4) is 5.19 Å². The molecule has 0 saturated carbocycles. The second-order valence-electron chi connectivity index (χ2n) is 4.59. The first-order valence-electron chi connectivity index (χ1n) is 6.71. The number of benzene rings is 1. The van der Waals surface area contributed by atoms with Gasteiger partial charge in [-0.25, -0.2) is 4.98 Å². The summed E-state index contributed by atoms with van der Waals surface area (Å²) in [5, 5.41) is 4.09. The van der Waals surface area contributed by atoms with Crippen molar-refractivity contribution in [1.29, 1.82) is 0 Å². The Hall–Kier alpha value is -1.17. The summed E-state index contributed by atoms with van der Waals surface area (Å²) < 4.78 is 12.9. The van der Waals surface area contributed by atoms with Crippen LogP contribution in [-0.4, -0.2) is 36.9 Å². The summed E-state index contributed by atoms with van der Waals surface area (Å²) in [6, 6.07) is 8.11. The Labute approximate surface area is 116 Å². The fourth-order valence-corrected chi connectivity index (χ4v) is 3.22. The van der Waals surface area contributed by atoms with Gasteiger partial charge < -0.3 is 14.8 Å². The highest BCUT2D eigenvalue weighted by Crippen LogP contribution is 2.29. The maximum Gasteiger partial charge on any atom is 0.274 e. The van der Waals surface area contributed by atoms with Crippen LogP contribution < -0.4 is 10.1 Å². The molecule has 1 aliphatic rings. The molecule has 2 atom stereocenters. The van der Waals surface area contributed by atoms with Gasteiger partial charge in [0, 0.05) is 13.2 Å². The number of aromatic nitrogens is 1. The SMILES string of the molecule is CCO[C@H]1CNCC[C@@H]1Oc1nc2ccccc2s1. The number of rotatable bonds is 4. The summed E-state index contributed by atoms with van der Waals surface area (Å²) >= 11 is 1.60. The van der Waals surface area contributed by atoms with E-state index in [0.29, 0.717) is 6.61 Å². The number of fused-ring (bicyclic) bond motifs is 1. The van der Waals surface area contributed by atoms with Crippen LogP contribution in [0.1, 0.15) is 13.3 Å². The van der Waals surface area contributed by atoms with E-state index in [-0.39, 0.29) is 12.2 Å². The molecule has 1 aromatic carbocycles. The van der Waals surface area contributed by atoms with Gasteiger partial charge >= 0.3 is 0 Å². The number of hydrogen-bond donors (Lipinski definition) is 1. The Balaban J connectivity index is 1.75. The van der Waals surface area contributed by atoms with Crippen LogP contribution in [0.2, 0.25) is 0 Å². The molecule has 2 aromatic rings. The van der Waals surface area contributed by atoms with Crippen LogP contribution >= 0.6 is 11.3 Å². The number of hydrogen-bond acceptors (Lipinski definition) is 5. The van der Waals surface area contributed by atoms with Crippen molar-refractivity contribution >= 4 is 21.6 Å². The molecule has 1 aliphatic heterocycles. The van der Waals surface area contributed by atoms with Crippen molar-refractivity contribution in [2.45, 2.75) is 25.6 Å². The lowest BCUT2D eigenvalue weighted by atomic mass is 10.1. The number of nitrogens with one attached hydrogen (secondary N) is 1. The van der Waals surface area contributed by atoms with Crippen LogP contribution in [0, 0.1) is 0 Å². The van der Waals surface area contributed by atoms with E-state index in [1.54, 1.807) is 11.3 Å². The molecule has 1 fully saturated rings. The van der Waals surface area contributed by atoms with Gasteiger partial charge in [0.1, 0.15) is 12.2 Å². The highest BCUT2D eigenvalue weighted by molar-refractivity contribution is 7.20. The molecule has 2 heterocycles. The summed E-state index contributed by atoms with van der Waals surface area (Å²) in [4.78, 5) is 4.52. The lowest BCUT2D eigenvalue weighted by molar-refractivity contribution is -0.0343. The van der Waals surface area contributed by atoms with E-state index in [1.165, 1.54) is 4.70 Å². The van der Waals surface area contributed by atoms with Crippen molar-refractivity contribution in [2.24, 2.45) is 0 Å². The summed E-state index contributed by atoms with van der Waals surface area (Å²) in [5.74, 6) is 0. The minimum Gasteiger partial charge on any atom is -0.464 e. The summed E-state index contributed by atoms with van der Waals surface area (Å²) in [6.45, 7) is 4.55. The molecule has 3 rings (SSSR count). The third-order valence-electron chi connectivity index (χ3n) is 3.27.